The molecule has 7 heteroatoms. The van der Waals surface area contributed by atoms with Crippen LogP contribution in [-0.2, 0) is 0 Å². The number of anilines is 2. The lowest BCUT2D eigenvalue weighted by Gasteiger charge is -2.40. The van der Waals surface area contributed by atoms with Crippen molar-refractivity contribution in [3.05, 3.63) is 58.3 Å². The first-order valence-electron chi connectivity index (χ1n) is 10.5. The molecule has 0 spiro atoms. The van der Waals surface area contributed by atoms with Gasteiger partial charge in [0.05, 0.1) is 4.92 Å². The summed E-state index contributed by atoms with van der Waals surface area (Å²) in [7, 11) is 0. The number of nitrogens with zero attached hydrogens (tertiary/aromatic N) is 5. The minimum Gasteiger partial charge on any atom is -0.371 e. The van der Waals surface area contributed by atoms with E-state index in [2.05, 4.69) is 25.8 Å². The van der Waals surface area contributed by atoms with Gasteiger partial charge in [-0.05, 0) is 49.9 Å². The molecule has 0 N–H and O–H groups in total. The highest BCUT2D eigenvalue weighted by Crippen LogP contribution is 2.28. The third kappa shape index (κ3) is 4.67. The number of pyridine rings is 1. The first-order chi connectivity index (χ1) is 14.1. The monoisotopic (exact) mass is 395 g/mol. The number of aromatic nitrogens is 1. The molecule has 0 amide bonds. The molecule has 4 rings (SSSR count). The van der Waals surface area contributed by atoms with Gasteiger partial charge in [0.25, 0.3) is 5.69 Å². The largest absolute Gasteiger partial charge is 0.371 e. The summed E-state index contributed by atoms with van der Waals surface area (Å²) in [6.45, 7) is 9.19. The summed E-state index contributed by atoms with van der Waals surface area (Å²) in [4.78, 5) is 22.6. The maximum atomic E-state index is 11.1. The Bertz CT molecular complexity index is 836. The molecule has 1 aromatic carbocycles. The fourth-order valence-corrected chi connectivity index (χ4v) is 4.56. The lowest BCUT2D eigenvalue weighted by atomic mass is 9.96. The molecule has 154 valence electrons. The van der Waals surface area contributed by atoms with E-state index in [0.29, 0.717) is 5.92 Å². The zero-order valence-electron chi connectivity index (χ0n) is 17.0. The number of aryl methyl sites for hydroxylation is 1. The quantitative estimate of drug-likeness (QED) is 0.571. The Morgan fingerprint density at radius 2 is 1.93 bits per heavy atom. The number of nitro groups is 1. The predicted octanol–water partition coefficient (Wildman–Crippen LogP) is 3.34. The van der Waals surface area contributed by atoms with E-state index in [4.69, 9.17) is 0 Å². The minimum atomic E-state index is -0.303. The molecular formula is C22H29N5O2. The molecule has 1 unspecified atom stereocenters. The van der Waals surface area contributed by atoms with E-state index >= 15 is 0 Å². The molecule has 0 radical (unpaired) electrons. The van der Waals surface area contributed by atoms with Crippen LogP contribution in [-0.4, -0.2) is 60.6 Å². The average Bonchev–Trinajstić information content (AvgIpc) is 2.75. The first kappa shape index (κ1) is 19.6. The standard InChI is InChI=1S/C22H29N5O2/c1-18-15-20(7-8-21(18)27(28)29)26-10-4-5-19(17-26)16-24-11-13-25(14-12-24)22-6-2-3-9-23-22/h2-3,6-9,15,19H,4-5,10-14,16-17H2,1H3. The Morgan fingerprint density at radius 3 is 2.62 bits per heavy atom. The lowest BCUT2D eigenvalue weighted by molar-refractivity contribution is -0.385. The maximum absolute atomic E-state index is 11.1. The van der Waals surface area contributed by atoms with E-state index in [9.17, 15) is 10.1 Å². The van der Waals surface area contributed by atoms with Crippen LogP contribution >= 0.6 is 0 Å². The molecule has 0 aliphatic carbocycles. The van der Waals surface area contributed by atoms with Crippen molar-refractivity contribution in [1.29, 1.82) is 0 Å². The molecule has 0 saturated carbocycles. The molecule has 2 aliphatic rings. The van der Waals surface area contributed by atoms with Crippen LogP contribution in [0, 0.1) is 23.0 Å². The predicted molar refractivity (Wildman–Crippen MR) is 116 cm³/mol. The number of piperidine rings is 1. The average molecular weight is 396 g/mol. The van der Waals surface area contributed by atoms with Crippen molar-refractivity contribution in [2.75, 3.05) is 55.6 Å². The van der Waals surface area contributed by atoms with E-state index in [1.54, 1.807) is 6.07 Å². The van der Waals surface area contributed by atoms with Gasteiger partial charge in [0, 0.05) is 69.3 Å². The van der Waals surface area contributed by atoms with Crippen molar-refractivity contribution >= 4 is 17.2 Å². The molecule has 3 heterocycles. The number of benzene rings is 1. The molecule has 2 saturated heterocycles. The molecule has 0 bridgehead atoms. The summed E-state index contributed by atoms with van der Waals surface area (Å²) in [5.74, 6) is 1.71. The second-order valence-electron chi connectivity index (χ2n) is 8.16. The van der Waals surface area contributed by atoms with Gasteiger partial charge >= 0.3 is 0 Å². The van der Waals surface area contributed by atoms with Crippen molar-refractivity contribution in [3.8, 4) is 0 Å². The Hall–Kier alpha value is -2.67. The summed E-state index contributed by atoms with van der Waals surface area (Å²) in [5, 5.41) is 11.1. The van der Waals surface area contributed by atoms with E-state index in [1.807, 2.05) is 37.4 Å². The summed E-state index contributed by atoms with van der Waals surface area (Å²) >= 11 is 0. The molecule has 7 nitrogen and oxygen atoms in total. The molecule has 1 atom stereocenters. The molecule has 2 fully saturated rings. The molecule has 29 heavy (non-hydrogen) atoms. The van der Waals surface area contributed by atoms with Crippen molar-refractivity contribution in [2.45, 2.75) is 19.8 Å². The highest BCUT2D eigenvalue weighted by atomic mass is 16.6. The van der Waals surface area contributed by atoms with Gasteiger partial charge < -0.3 is 9.80 Å². The van der Waals surface area contributed by atoms with Crippen LogP contribution in [0.5, 0.6) is 0 Å². The zero-order chi connectivity index (χ0) is 20.2. The van der Waals surface area contributed by atoms with Crippen LogP contribution in [0.25, 0.3) is 0 Å². The Balaban J connectivity index is 1.31. The number of piperazine rings is 1. The number of hydrogen-bond acceptors (Lipinski definition) is 6. The SMILES string of the molecule is Cc1cc(N2CCCC(CN3CCN(c4ccccn4)CC3)C2)ccc1[N+](=O)[O-]. The van der Waals surface area contributed by atoms with Gasteiger partial charge in [-0.2, -0.15) is 0 Å². The van der Waals surface area contributed by atoms with Gasteiger partial charge in [-0.1, -0.05) is 6.07 Å². The third-order valence-electron chi connectivity index (χ3n) is 6.12. The van der Waals surface area contributed by atoms with Gasteiger partial charge in [0.2, 0.25) is 0 Å². The highest BCUT2D eigenvalue weighted by Gasteiger charge is 2.25. The van der Waals surface area contributed by atoms with Gasteiger partial charge in [-0.15, -0.1) is 0 Å². The second-order valence-corrected chi connectivity index (χ2v) is 8.16. The van der Waals surface area contributed by atoms with Crippen LogP contribution in [0.1, 0.15) is 18.4 Å². The summed E-state index contributed by atoms with van der Waals surface area (Å²) < 4.78 is 0. The van der Waals surface area contributed by atoms with E-state index in [1.165, 1.54) is 12.8 Å². The van der Waals surface area contributed by atoms with Crippen LogP contribution in [0.3, 0.4) is 0 Å². The van der Waals surface area contributed by atoms with Crippen LogP contribution in [0.2, 0.25) is 0 Å². The molecule has 2 aliphatic heterocycles. The molecule has 2 aromatic rings. The van der Waals surface area contributed by atoms with E-state index < -0.39 is 0 Å². The third-order valence-corrected chi connectivity index (χ3v) is 6.12. The lowest BCUT2D eigenvalue weighted by Crippen LogP contribution is -2.49. The number of nitro benzene ring substituents is 1. The highest BCUT2D eigenvalue weighted by molar-refractivity contribution is 5.55. The van der Waals surface area contributed by atoms with Crippen LogP contribution in [0.4, 0.5) is 17.2 Å². The molecule has 1 aromatic heterocycles. The minimum absolute atomic E-state index is 0.202. The Morgan fingerprint density at radius 1 is 1.10 bits per heavy atom. The molecular weight excluding hydrogens is 366 g/mol. The van der Waals surface area contributed by atoms with E-state index in [0.717, 1.165) is 62.9 Å². The summed E-state index contributed by atoms with van der Waals surface area (Å²) in [6.07, 6.45) is 4.29. The van der Waals surface area contributed by atoms with Crippen LogP contribution < -0.4 is 9.80 Å². The van der Waals surface area contributed by atoms with Gasteiger partial charge in [0.1, 0.15) is 5.82 Å². The zero-order valence-corrected chi connectivity index (χ0v) is 17.0. The van der Waals surface area contributed by atoms with Crippen LogP contribution in [0.15, 0.2) is 42.6 Å². The smallest absolute Gasteiger partial charge is 0.272 e. The first-order valence-corrected chi connectivity index (χ1v) is 10.5. The summed E-state index contributed by atoms with van der Waals surface area (Å²) in [6, 6.07) is 11.6. The Labute approximate surface area is 172 Å². The van der Waals surface area contributed by atoms with Crippen molar-refractivity contribution in [2.24, 2.45) is 5.92 Å². The van der Waals surface area contributed by atoms with Crippen molar-refractivity contribution < 1.29 is 4.92 Å². The number of hydrogen-bond donors (Lipinski definition) is 0. The van der Waals surface area contributed by atoms with Crippen molar-refractivity contribution in [1.82, 2.24) is 9.88 Å². The topological polar surface area (TPSA) is 65.8 Å². The van der Waals surface area contributed by atoms with Crippen molar-refractivity contribution in [3.63, 3.8) is 0 Å². The van der Waals surface area contributed by atoms with Gasteiger partial charge in [0.15, 0.2) is 0 Å². The van der Waals surface area contributed by atoms with E-state index in [-0.39, 0.29) is 10.6 Å². The van der Waals surface area contributed by atoms with Gasteiger partial charge in [-0.3, -0.25) is 15.0 Å². The summed E-state index contributed by atoms with van der Waals surface area (Å²) in [5.41, 5.74) is 2.05. The fraction of sp³-hybridized carbons (Fsp3) is 0.500. The normalized spacial score (nSPS) is 20.7. The number of rotatable bonds is 5. The second kappa shape index (κ2) is 8.78. The fourth-order valence-electron chi connectivity index (χ4n) is 4.56. The van der Waals surface area contributed by atoms with Gasteiger partial charge in [-0.25, -0.2) is 4.98 Å². The maximum Gasteiger partial charge on any atom is 0.272 e. The Kier molecular flexibility index (Phi) is 5.94.